The van der Waals surface area contributed by atoms with E-state index in [1.165, 1.54) is 89.9 Å². The first-order valence-electron chi connectivity index (χ1n) is 35.0. The van der Waals surface area contributed by atoms with E-state index in [-0.39, 0.29) is 56.4 Å². The lowest BCUT2D eigenvalue weighted by Crippen LogP contribution is -2.47. The zero-order valence-electron chi connectivity index (χ0n) is 57.3. The summed E-state index contributed by atoms with van der Waals surface area (Å²) in [6, 6.07) is 31.6. The number of ketones is 1. The van der Waals surface area contributed by atoms with Gasteiger partial charge in [-0.1, -0.05) is 246 Å². The van der Waals surface area contributed by atoms with Gasteiger partial charge in [0, 0.05) is 38.4 Å². The lowest BCUT2D eigenvalue weighted by atomic mass is 9.98. The molecule has 0 aromatic heterocycles. The largest absolute Gasteiger partial charge is 0.494 e. The van der Waals surface area contributed by atoms with E-state index in [4.69, 9.17) is 23.1 Å². The molecule has 2 N–H and O–H groups in total. The Kier molecular flexibility index (Phi) is 33.6. The van der Waals surface area contributed by atoms with Crippen molar-refractivity contribution in [2.75, 3.05) is 39.6 Å². The van der Waals surface area contributed by atoms with E-state index in [1.54, 1.807) is 0 Å². The van der Waals surface area contributed by atoms with Crippen molar-refractivity contribution < 1.29 is 42.2 Å². The number of Topliss-reactive ketones (excluding diaryl/α,β-unsaturated/α-hetero) is 1. The van der Waals surface area contributed by atoms with Gasteiger partial charge in [-0.05, 0) is 117 Å². The fourth-order valence-corrected chi connectivity index (χ4v) is 25.4. The Balaban J connectivity index is 1.02. The smallest absolute Gasteiger partial charge is 0.306 e. The summed E-state index contributed by atoms with van der Waals surface area (Å²) in [4.78, 5) is 52.2. The second-order valence-corrected chi connectivity index (χ2v) is 38.2. The van der Waals surface area contributed by atoms with Gasteiger partial charge in [-0.25, -0.2) is 0 Å². The van der Waals surface area contributed by atoms with Gasteiger partial charge >= 0.3 is 5.97 Å². The number of unbranched alkanes of at least 4 members (excludes halogenated alkanes) is 16. The summed E-state index contributed by atoms with van der Waals surface area (Å²) in [5.74, 6) is 0.0322. The topological polar surface area (TPSA) is 138 Å². The van der Waals surface area contributed by atoms with Crippen LogP contribution in [0.15, 0.2) is 97.1 Å². The van der Waals surface area contributed by atoms with Gasteiger partial charge in [0.25, 0.3) is 0 Å². The molecule has 1 aliphatic carbocycles. The molecule has 0 saturated carbocycles. The third-order valence-electron chi connectivity index (χ3n) is 19.0. The molecule has 2 amide bonds. The number of carbonyl (C=O) groups excluding carboxylic acids is 4. The molecule has 11 nitrogen and oxygen atoms in total. The zero-order valence-corrected chi connectivity index (χ0v) is 59.3. The summed E-state index contributed by atoms with van der Waals surface area (Å²) in [6.45, 7) is 31.4. The van der Waals surface area contributed by atoms with E-state index in [1.807, 2.05) is 72.8 Å². The number of rotatable bonds is 47. The highest BCUT2D eigenvalue weighted by molar-refractivity contribution is 6.78. The van der Waals surface area contributed by atoms with Crippen molar-refractivity contribution in [1.82, 2.24) is 10.6 Å². The van der Waals surface area contributed by atoms with Crippen LogP contribution < -0.4 is 20.1 Å². The second-order valence-electron chi connectivity index (χ2n) is 27.3. The molecule has 1 aliphatic rings. The molecule has 4 aromatic rings. The van der Waals surface area contributed by atoms with E-state index in [0.29, 0.717) is 46.5 Å². The maximum Gasteiger partial charge on any atom is 0.306 e. The summed E-state index contributed by atoms with van der Waals surface area (Å²) in [5, 5.41) is 5.81. The van der Waals surface area contributed by atoms with E-state index < -0.39 is 34.6 Å². The molecule has 0 unspecified atom stereocenters. The summed E-state index contributed by atoms with van der Waals surface area (Å²) in [5.41, 5.74) is 10.1. The lowest BCUT2D eigenvalue weighted by molar-refractivity contribution is -0.145. The number of nitrogens with one attached hydrogen (secondary N) is 2. The Morgan fingerprint density at radius 2 is 0.753 bits per heavy atom. The van der Waals surface area contributed by atoms with Crippen LogP contribution in [0.3, 0.4) is 0 Å². The van der Waals surface area contributed by atoms with Gasteiger partial charge in [-0.15, -0.1) is 0 Å². The molecule has 0 bridgehead atoms. The number of hydrogen-bond donors (Lipinski definition) is 2. The van der Waals surface area contributed by atoms with Crippen LogP contribution in [0.1, 0.15) is 259 Å². The number of ether oxygens (including phenoxy) is 3. The number of carbonyl (C=O) groups is 4. The Bertz CT molecular complexity index is 2480. The number of amides is 2. The molecule has 494 valence electrons. The van der Waals surface area contributed by atoms with Gasteiger partial charge < -0.3 is 33.7 Å². The molecule has 0 spiro atoms. The predicted molar refractivity (Wildman–Crippen MR) is 372 cm³/mol. The molecule has 89 heavy (non-hydrogen) atoms. The summed E-state index contributed by atoms with van der Waals surface area (Å²) >= 11 is 0. The SMILES string of the molecule is CC(C)[Si](OCCCCCCCCCCCOc1ccc(C(NC(=O)CCC(=O)CNC(=O)CCC(=O)OCC2c3ccccc3-c3ccccc32)c2ccc(OCCCCCCCCCCCO[Si](C(C)C)(C(C)C)C(C)C)cc2)cc1)(C(C)C)C(C)C. The molecule has 0 saturated heterocycles. The predicted octanol–water partition coefficient (Wildman–Crippen LogP) is 19.7. The van der Waals surface area contributed by atoms with Crippen LogP contribution in [0.4, 0.5) is 0 Å². The molecular weight excluding hydrogens is 1140 g/mol. The molecule has 0 aliphatic heterocycles. The van der Waals surface area contributed by atoms with Crippen LogP contribution in [-0.4, -0.2) is 79.8 Å². The van der Waals surface area contributed by atoms with Gasteiger partial charge in [0.2, 0.25) is 11.8 Å². The minimum Gasteiger partial charge on any atom is -0.494 e. The van der Waals surface area contributed by atoms with Crippen molar-refractivity contribution >= 4 is 40.2 Å². The minimum atomic E-state index is -1.77. The zero-order chi connectivity index (χ0) is 64.6. The Labute approximate surface area is 541 Å². The number of fused-ring (bicyclic) bond motifs is 3. The highest BCUT2D eigenvalue weighted by Crippen LogP contribution is 2.46. The Hall–Kier alpha value is -5.09. The minimum absolute atomic E-state index is 0.0486. The van der Waals surface area contributed by atoms with Crippen molar-refractivity contribution in [1.29, 1.82) is 0 Å². The molecule has 0 atom stereocenters. The first-order valence-corrected chi connectivity index (χ1v) is 39.2. The maximum absolute atomic E-state index is 13.6. The van der Waals surface area contributed by atoms with E-state index >= 15 is 0 Å². The monoisotopic (exact) mass is 1260 g/mol. The lowest BCUT2D eigenvalue weighted by Gasteiger charge is -2.42. The van der Waals surface area contributed by atoms with Gasteiger partial charge in [0.05, 0.1) is 32.2 Å². The van der Waals surface area contributed by atoms with E-state index in [9.17, 15) is 19.2 Å². The van der Waals surface area contributed by atoms with Crippen molar-refractivity contribution in [3.05, 3.63) is 119 Å². The molecular formula is C76H118N2O9Si2. The van der Waals surface area contributed by atoms with E-state index in [2.05, 4.69) is 118 Å². The van der Waals surface area contributed by atoms with Crippen molar-refractivity contribution in [2.24, 2.45) is 0 Å². The van der Waals surface area contributed by atoms with Gasteiger partial charge in [0.1, 0.15) is 18.1 Å². The van der Waals surface area contributed by atoms with Gasteiger partial charge in [0.15, 0.2) is 22.4 Å². The molecule has 5 rings (SSSR count). The van der Waals surface area contributed by atoms with Crippen LogP contribution in [-0.2, 0) is 32.8 Å². The van der Waals surface area contributed by atoms with Gasteiger partial charge in [-0.3, -0.25) is 19.2 Å². The summed E-state index contributed by atoms with van der Waals surface area (Å²) in [6.07, 6.45) is 21.4. The fourth-order valence-electron chi connectivity index (χ4n) is 14.4. The molecule has 0 fully saturated rings. The summed E-state index contributed by atoms with van der Waals surface area (Å²) < 4.78 is 31.6. The second kappa shape index (κ2) is 40.0. The van der Waals surface area contributed by atoms with Crippen molar-refractivity contribution in [3.63, 3.8) is 0 Å². The number of hydrogen-bond acceptors (Lipinski definition) is 9. The molecule has 13 heteroatoms. The molecule has 0 heterocycles. The number of esters is 1. The van der Waals surface area contributed by atoms with Crippen LogP contribution in [0.25, 0.3) is 11.1 Å². The van der Waals surface area contributed by atoms with E-state index in [0.717, 1.165) is 83.8 Å². The summed E-state index contributed by atoms with van der Waals surface area (Å²) in [7, 11) is -3.54. The fraction of sp³-hybridized carbons (Fsp3) is 0.632. The van der Waals surface area contributed by atoms with Crippen LogP contribution in [0, 0.1) is 0 Å². The standard InChI is InChI=1S/C76H118N2O9Si2/c1-57(2)88(58(3)4,59(5)6)86-53-33-25-21-17-13-15-19-23-31-51-83-66-44-39-63(40-45-66)76(64-41-46-67(47-42-64)84-52-32-24-20-16-14-18-22-26-34-54-87-89(60(7)8,61(9)10)62(11)12)78-74(81)48-43-65(79)55-77-73(80)49-50-75(82)85-56-72-70-37-29-27-35-68(70)69-36-28-30-38-71(69)72/h27-30,35-42,44-47,57-62,72,76H,13-26,31-34,43,48-56H2,1-12H3,(H,77,80)(H,78,81). The van der Waals surface area contributed by atoms with Crippen LogP contribution >= 0.6 is 0 Å². The normalized spacial score (nSPS) is 12.7. The van der Waals surface area contributed by atoms with Crippen LogP contribution in [0.2, 0.25) is 33.2 Å². The molecule has 4 aromatic carbocycles. The quantitative estimate of drug-likeness (QED) is 0.0251. The molecule has 0 radical (unpaired) electrons. The maximum atomic E-state index is 13.6. The first kappa shape index (κ1) is 74.6. The number of benzene rings is 4. The van der Waals surface area contributed by atoms with Crippen molar-refractivity contribution in [2.45, 2.75) is 270 Å². The average molecular weight is 1260 g/mol. The Morgan fingerprint density at radius 3 is 1.13 bits per heavy atom. The van der Waals surface area contributed by atoms with Gasteiger partial charge in [-0.2, -0.15) is 0 Å². The third-order valence-corrected chi connectivity index (χ3v) is 31.2. The average Bonchev–Trinajstić information content (AvgIpc) is 2.08. The van der Waals surface area contributed by atoms with Crippen molar-refractivity contribution in [3.8, 4) is 22.6 Å². The Morgan fingerprint density at radius 1 is 0.404 bits per heavy atom. The highest BCUT2D eigenvalue weighted by Gasteiger charge is 2.46. The van der Waals surface area contributed by atoms with Crippen LogP contribution in [0.5, 0.6) is 11.5 Å². The first-order chi connectivity index (χ1) is 42.8. The third kappa shape index (κ3) is 23.8. The highest BCUT2D eigenvalue weighted by atomic mass is 28.4.